The first kappa shape index (κ1) is 20.7. The fraction of sp³-hybridized carbons (Fsp3) is 0.111. The molecule has 0 saturated carbocycles. The molecule has 0 aliphatic carbocycles. The zero-order valence-corrected chi connectivity index (χ0v) is 19.2. The van der Waals surface area contributed by atoms with E-state index in [1.54, 1.807) is 6.33 Å². The van der Waals surface area contributed by atoms with Gasteiger partial charge < -0.3 is 14.6 Å². The van der Waals surface area contributed by atoms with E-state index in [1.807, 2.05) is 74.8 Å². The van der Waals surface area contributed by atoms with E-state index in [-0.39, 0.29) is 0 Å². The average molecular weight is 460 g/mol. The molecular weight excluding hydrogens is 438 g/mol. The molecule has 8 heteroatoms. The van der Waals surface area contributed by atoms with Crippen molar-refractivity contribution in [1.82, 2.24) is 19.5 Å². The first-order valence-corrected chi connectivity index (χ1v) is 11.2. The summed E-state index contributed by atoms with van der Waals surface area (Å²) in [4.78, 5) is 13.6. The summed E-state index contributed by atoms with van der Waals surface area (Å²) in [5.74, 6) is 2.07. The number of aromatic nitrogens is 4. The highest BCUT2D eigenvalue weighted by Crippen LogP contribution is 2.46. The van der Waals surface area contributed by atoms with Gasteiger partial charge in [0.05, 0.1) is 11.1 Å². The lowest BCUT2D eigenvalue weighted by Gasteiger charge is -2.14. The van der Waals surface area contributed by atoms with Gasteiger partial charge in [-0.1, -0.05) is 24.3 Å². The predicted octanol–water partition coefficient (Wildman–Crippen LogP) is 5.62. The molecule has 1 aliphatic rings. The van der Waals surface area contributed by atoms with E-state index in [0.717, 1.165) is 61.9 Å². The smallest absolute Gasteiger partial charge is 0.219 e. The van der Waals surface area contributed by atoms with Crippen molar-refractivity contribution in [3.8, 4) is 40.2 Å². The summed E-state index contributed by atoms with van der Waals surface area (Å²) >= 11 is 0. The molecule has 2 aromatic carbocycles. The molecule has 2 N–H and O–H groups in total. The number of fused-ring (bicyclic) bond motifs is 2. The van der Waals surface area contributed by atoms with E-state index in [0.29, 0.717) is 12.4 Å². The van der Waals surface area contributed by atoms with Gasteiger partial charge in [0, 0.05) is 42.2 Å². The third-order valence-corrected chi connectivity index (χ3v) is 6.18. The SMILES string of the molecule is Cc1cccc(Oc2ccc3c(c2)CNc2ncnc4c2c-3c(-c2cccc(NC#N)c2)n4C)n1. The lowest BCUT2D eigenvalue weighted by atomic mass is 9.95. The zero-order valence-electron chi connectivity index (χ0n) is 19.2. The summed E-state index contributed by atoms with van der Waals surface area (Å²) in [5, 5.41) is 16.3. The molecule has 0 spiro atoms. The van der Waals surface area contributed by atoms with E-state index < -0.39 is 0 Å². The molecule has 1 aliphatic heterocycles. The number of aryl methyl sites for hydroxylation is 2. The molecule has 35 heavy (non-hydrogen) atoms. The first-order valence-electron chi connectivity index (χ1n) is 11.2. The lowest BCUT2D eigenvalue weighted by molar-refractivity contribution is 0.461. The van der Waals surface area contributed by atoms with Crippen LogP contribution in [0.25, 0.3) is 33.4 Å². The van der Waals surface area contributed by atoms with Crippen LogP contribution < -0.4 is 15.4 Å². The van der Waals surface area contributed by atoms with Crippen molar-refractivity contribution >= 4 is 22.5 Å². The van der Waals surface area contributed by atoms with Crippen LogP contribution in [0, 0.1) is 18.4 Å². The molecule has 0 fully saturated rings. The van der Waals surface area contributed by atoms with Crippen molar-refractivity contribution in [3.63, 3.8) is 0 Å². The number of nitrogens with one attached hydrogen (secondary N) is 2. The fourth-order valence-corrected chi connectivity index (χ4v) is 4.69. The van der Waals surface area contributed by atoms with Crippen LogP contribution >= 0.6 is 0 Å². The van der Waals surface area contributed by atoms with E-state index in [4.69, 9.17) is 10.00 Å². The Balaban J connectivity index is 1.54. The van der Waals surface area contributed by atoms with E-state index in [1.165, 1.54) is 0 Å². The summed E-state index contributed by atoms with van der Waals surface area (Å²) in [7, 11) is 2.00. The summed E-state index contributed by atoms with van der Waals surface area (Å²) < 4.78 is 8.15. The fourth-order valence-electron chi connectivity index (χ4n) is 4.69. The molecule has 0 amide bonds. The lowest BCUT2D eigenvalue weighted by Crippen LogP contribution is -2.03. The van der Waals surface area contributed by atoms with Gasteiger partial charge in [-0.05, 0) is 48.4 Å². The molecule has 5 aromatic rings. The van der Waals surface area contributed by atoms with Crippen molar-refractivity contribution in [2.24, 2.45) is 7.05 Å². The molecule has 0 unspecified atom stereocenters. The standard InChI is InChI=1S/C27H21N7O/c1-16-5-3-8-22(33-16)35-20-9-10-21-18(12-20)13-29-26-24-23(21)25(34(2)27(24)32-15-31-26)17-6-4-7-19(11-17)30-14-28/h3-12,15,30H,13H2,1-2H3,(H,29,31,32). The number of rotatable bonds is 4. The Kier molecular flexibility index (Phi) is 4.82. The zero-order chi connectivity index (χ0) is 23.9. The molecular formula is C27H21N7O. The van der Waals surface area contributed by atoms with Gasteiger partial charge in [0.1, 0.15) is 23.5 Å². The second-order valence-corrected chi connectivity index (χ2v) is 8.41. The Morgan fingerprint density at radius 3 is 2.83 bits per heavy atom. The third kappa shape index (κ3) is 3.50. The monoisotopic (exact) mass is 459 g/mol. The van der Waals surface area contributed by atoms with Crippen LogP contribution in [-0.4, -0.2) is 19.5 Å². The molecule has 0 bridgehead atoms. The summed E-state index contributed by atoms with van der Waals surface area (Å²) in [6.45, 7) is 2.53. The molecule has 8 nitrogen and oxygen atoms in total. The molecule has 170 valence electrons. The van der Waals surface area contributed by atoms with Gasteiger partial charge >= 0.3 is 0 Å². The number of ether oxygens (including phenoxy) is 1. The van der Waals surface area contributed by atoms with Crippen molar-refractivity contribution in [3.05, 3.63) is 78.2 Å². The normalized spacial score (nSPS) is 11.8. The average Bonchev–Trinajstić information content (AvgIpc) is 3.06. The molecule has 0 saturated heterocycles. The highest BCUT2D eigenvalue weighted by molar-refractivity contribution is 6.09. The molecule has 3 aromatic heterocycles. The van der Waals surface area contributed by atoms with Gasteiger partial charge in [-0.25, -0.2) is 15.0 Å². The highest BCUT2D eigenvalue weighted by atomic mass is 16.5. The molecule has 4 heterocycles. The van der Waals surface area contributed by atoms with Gasteiger partial charge in [0.25, 0.3) is 0 Å². The van der Waals surface area contributed by atoms with Crippen molar-refractivity contribution in [1.29, 1.82) is 5.26 Å². The number of nitrogens with zero attached hydrogens (tertiary/aromatic N) is 5. The Hall–Kier alpha value is -4.90. The minimum Gasteiger partial charge on any atom is -0.439 e. The maximum atomic E-state index is 9.10. The maximum absolute atomic E-state index is 9.10. The Labute approximate surface area is 201 Å². The van der Waals surface area contributed by atoms with Gasteiger partial charge in [0.2, 0.25) is 5.88 Å². The topological polar surface area (TPSA) is 101 Å². The number of benzene rings is 2. The first-order chi connectivity index (χ1) is 17.1. The number of nitriles is 1. The minimum absolute atomic E-state index is 0.560. The minimum atomic E-state index is 0.560. The van der Waals surface area contributed by atoms with Crippen molar-refractivity contribution in [2.45, 2.75) is 13.5 Å². The largest absolute Gasteiger partial charge is 0.439 e. The number of hydrogen-bond acceptors (Lipinski definition) is 7. The Morgan fingerprint density at radius 1 is 1.09 bits per heavy atom. The van der Waals surface area contributed by atoms with Crippen LogP contribution in [0.2, 0.25) is 0 Å². The highest BCUT2D eigenvalue weighted by Gasteiger charge is 2.26. The second kappa shape index (κ2) is 8.15. The van der Waals surface area contributed by atoms with Crippen LogP contribution in [-0.2, 0) is 13.6 Å². The Bertz CT molecular complexity index is 1650. The van der Waals surface area contributed by atoms with E-state index >= 15 is 0 Å². The predicted molar refractivity (Wildman–Crippen MR) is 135 cm³/mol. The molecule has 6 rings (SSSR count). The van der Waals surface area contributed by atoms with Crippen molar-refractivity contribution < 1.29 is 4.74 Å². The molecule has 0 atom stereocenters. The van der Waals surface area contributed by atoms with E-state index in [9.17, 15) is 0 Å². The van der Waals surface area contributed by atoms with Crippen LogP contribution in [0.5, 0.6) is 11.6 Å². The van der Waals surface area contributed by atoms with Gasteiger partial charge in [0.15, 0.2) is 6.19 Å². The van der Waals surface area contributed by atoms with Crippen LogP contribution in [0.3, 0.4) is 0 Å². The van der Waals surface area contributed by atoms with Crippen LogP contribution in [0.1, 0.15) is 11.3 Å². The number of hydrogen-bond donors (Lipinski definition) is 2. The van der Waals surface area contributed by atoms with Crippen LogP contribution in [0.4, 0.5) is 11.5 Å². The van der Waals surface area contributed by atoms with Crippen molar-refractivity contribution in [2.75, 3.05) is 10.6 Å². The van der Waals surface area contributed by atoms with Gasteiger partial charge in [-0.2, -0.15) is 5.26 Å². The van der Waals surface area contributed by atoms with Gasteiger partial charge in [-0.3, -0.25) is 5.32 Å². The van der Waals surface area contributed by atoms with E-state index in [2.05, 4.69) is 36.2 Å². The maximum Gasteiger partial charge on any atom is 0.219 e. The second-order valence-electron chi connectivity index (χ2n) is 8.41. The van der Waals surface area contributed by atoms with Crippen LogP contribution in [0.15, 0.2) is 67.0 Å². The number of pyridine rings is 1. The summed E-state index contributed by atoms with van der Waals surface area (Å²) in [6.07, 6.45) is 3.58. The number of anilines is 2. The van der Waals surface area contributed by atoms with Gasteiger partial charge in [-0.15, -0.1) is 0 Å². The third-order valence-electron chi connectivity index (χ3n) is 6.18. The summed E-state index contributed by atoms with van der Waals surface area (Å²) in [6, 6.07) is 19.6. The summed E-state index contributed by atoms with van der Waals surface area (Å²) in [5.41, 5.74) is 7.65. The Morgan fingerprint density at radius 2 is 1.97 bits per heavy atom. The quantitative estimate of drug-likeness (QED) is 0.266. The molecule has 0 radical (unpaired) electrons.